The van der Waals surface area contributed by atoms with Gasteiger partial charge in [-0.05, 0) is 37.3 Å². The number of esters is 1. The first-order valence-electron chi connectivity index (χ1n) is 8.46. The number of carbonyl (C=O) groups is 1. The second-order valence-electron chi connectivity index (χ2n) is 5.69. The third-order valence-corrected chi connectivity index (χ3v) is 3.74. The number of nitrogens with two attached hydrogens (primary N) is 1. The van der Waals surface area contributed by atoms with E-state index in [-0.39, 0.29) is 34.4 Å². The highest BCUT2D eigenvalue weighted by molar-refractivity contribution is 6.29. The Bertz CT molecular complexity index is 1050. The van der Waals surface area contributed by atoms with E-state index in [1.54, 1.807) is 6.92 Å². The summed E-state index contributed by atoms with van der Waals surface area (Å²) in [5.41, 5.74) is 5.34. The highest BCUT2D eigenvalue weighted by atomic mass is 35.5. The first-order chi connectivity index (χ1) is 14.2. The smallest absolute Gasteiger partial charge is 0.341 e. The molecule has 3 aromatic rings. The van der Waals surface area contributed by atoms with Crippen molar-refractivity contribution in [2.24, 2.45) is 0 Å². The molecule has 0 aliphatic heterocycles. The van der Waals surface area contributed by atoms with Gasteiger partial charge in [0.15, 0.2) is 0 Å². The Kier molecular flexibility index (Phi) is 7.99. The van der Waals surface area contributed by atoms with Crippen LogP contribution in [0.15, 0.2) is 48.7 Å². The minimum atomic E-state index is -0.794. The average molecular weight is 442 g/mol. The van der Waals surface area contributed by atoms with Crippen molar-refractivity contribution in [1.29, 1.82) is 0 Å². The number of ether oxygens (including phenoxy) is 1. The van der Waals surface area contributed by atoms with Crippen LogP contribution in [-0.4, -0.2) is 17.6 Å². The number of nitrogens with zero attached hydrogens (tertiary/aromatic N) is 1. The summed E-state index contributed by atoms with van der Waals surface area (Å²) in [4.78, 5) is 15.6. The van der Waals surface area contributed by atoms with Crippen molar-refractivity contribution in [2.75, 3.05) is 17.7 Å². The summed E-state index contributed by atoms with van der Waals surface area (Å²) in [6.07, 6.45) is 1.23. The van der Waals surface area contributed by atoms with E-state index in [4.69, 9.17) is 22.1 Å². The van der Waals surface area contributed by atoms with Gasteiger partial charge in [-0.25, -0.2) is 27.3 Å². The van der Waals surface area contributed by atoms with Crippen molar-refractivity contribution in [2.45, 2.75) is 6.92 Å². The number of rotatable bonds is 4. The molecule has 0 saturated heterocycles. The summed E-state index contributed by atoms with van der Waals surface area (Å²) in [6, 6.07) is 7.44. The summed E-state index contributed by atoms with van der Waals surface area (Å²) in [5.74, 6) is -3.43. The molecule has 2 aromatic carbocycles. The summed E-state index contributed by atoms with van der Waals surface area (Å²) in [5, 5.41) is 2.80. The summed E-state index contributed by atoms with van der Waals surface area (Å²) in [6.45, 7) is 1.85. The summed E-state index contributed by atoms with van der Waals surface area (Å²) < 4.78 is 55.7. The van der Waals surface area contributed by atoms with Crippen LogP contribution in [0.2, 0.25) is 5.15 Å². The fraction of sp³-hybridized carbons (Fsp3) is 0.100. The van der Waals surface area contributed by atoms with E-state index in [9.17, 15) is 22.4 Å². The first kappa shape index (κ1) is 23.0. The lowest BCUT2D eigenvalue weighted by atomic mass is 10.2. The maximum atomic E-state index is 13.7. The molecule has 0 fully saturated rings. The molecule has 10 heteroatoms. The molecule has 0 radical (unpaired) electrons. The standard InChI is InChI=1S/C14H11ClF2N2O2.C6H5F2N/c1-2-21-14(20)9-7-18-13(15)6-12(9)19-11-4-3-8(16)5-10(11)17;7-4-1-2-6(9)5(8)3-4/h3-7H,2H2,1H3,(H,18,19);1-3H,9H2. The number of pyridine rings is 1. The van der Waals surface area contributed by atoms with E-state index < -0.39 is 29.2 Å². The molecule has 0 aliphatic carbocycles. The van der Waals surface area contributed by atoms with E-state index in [2.05, 4.69) is 10.3 Å². The van der Waals surface area contributed by atoms with Gasteiger partial charge in [0.25, 0.3) is 0 Å². The molecule has 0 spiro atoms. The molecular formula is C20H16ClF4N3O2. The molecule has 0 amide bonds. The van der Waals surface area contributed by atoms with E-state index >= 15 is 0 Å². The van der Waals surface area contributed by atoms with Gasteiger partial charge in [0.1, 0.15) is 34.0 Å². The number of hydrogen-bond acceptors (Lipinski definition) is 5. The maximum Gasteiger partial charge on any atom is 0.341 e. The monoisotopic (exact) mass is 441 g/mol. The van der Waals surface area contributed by atoms with Crippen LogP contribution in [0, 0.1) is 23.3 Å². The zero-order valence-electron chi connectivity index (χ0n) is 15.6. The third-order valence-electron chi connectivity index (χ3n) is 3.53. The quantitative estimate of drug-likeness (QED) is 0.242. The van der Waals surface area contributed by atoms with Gasteiger partial charge in [-0.3, -0.25) is 0 Å². The van der Waals surface area contributed by atoms with Crippen molar-refractivity contribution in [3.8, 4) is 0 Å². The Hall–Kier alpha value is -3.33. The average Bonchev–Trinajstić information content (AvgIpc) is 2.68. The number of carbonyl (C=O) groups excluding carboxylic acids is 1. The zero-order chi connectivity index (χ0) is 22.3. The Morgan fingerprint density at radius 3 is 2.23 bits per heavy atom. The molecule has 0 bridgehead atoms. The molecule has 3 rings (SSSR count). The number of hydrogen-bond donors (Lipinski definition) is 2. The highest BCUT2D eigenvalue weighted by Gasteiger charge is 2.15. The first-order valence-corrected chi connectivity index (χ1v) is 8.84. The lowest BCUT2D eigenvalue weighted by molar-refractivity contribution is 0.0527. The number of nitrogens with one attached hydrogen (secondary N) is 1. The number of nitrogen functional groups attached to an aromatic ring is 1. The van der Waals surface area contributed by atoms with Crippen molar-refractivity contribution in [3.05, 3.63) is 82.6 Å². The molecule has 3 N–H and O–H groups in total. The summed E-state index contributed by atoms with van der Waals surface area (Å²) >= 11 is 5.77. The van der Waals surface area contributed by atoms with Gasteiger partial charge in [0.05, 0.1) is 23.7 Å². The van der Waals surface area contributed by atoms with Crippen LogP contribution in [0.5, 0.6) is 0 Å². The molecule has 0 atom stereocenters. The van der Waals surface area contributed by atoms with Gasteiger partial charge in [-0.2, -0.15) is 0 Å². The fourth-order valence-corrected chi connectivity index (χ4v) is 2.30. The van der Waals surface area contributed by atoms with Crippen LogP contribution in [-0.2, 0) is 4.74 Å². The van der Waals surface area contributed by atoms with Crippen LogP contribution in [0.1, 0.15) is 17.3 Å². The van der Waals surface area contributed by atoms with Gasteiger partial charge in [-0.15, -0.1) is 0 Å². The van der Waals surface area contributed by atoms with Crippen LogP contribution in [0.3, 0.4) is 0 Å². The maximum absolute atomic E-state index is 13.7. The molecular weight excluding hydrogens is 426 g/mol. The van der Waals surface area contributed by atoms with Crippen molar-refractivity contribution >= 4 is 34.6 Å². The van der Waals surface area contributed by atoms with Gasteiger partial charge < -0.3 is 15.8 Å². The normalized spacial score (nSPS) is 10.1. The number of anilines is 3. The topological polar surface area (TPSA) is 77.2 Å². The Labute approximate surface area is 174 Å². The largest absolute Gasteiger partial charge is 0.462 e. The SMILES string of the molecule is CCOC(=O)c1cnc(Cl)cc1Nc1ccc(F)cc1F.Nc1ccc(F)cc1F. The Balaban J connectivity index is 0.000000297. The number of benzene rings is 2. The Morgan fingerprint density at radius 1 is 1.03 bits per heavy atom. The minimum absolute atomic E-state index is 0.00390. The van der Waals surface area contributed by atoms with Crippen molar-refractivity contribution in [1.82, 2.24) is 4.98 Å². The van der Waals surface area contributed by atoms with Crippen molar-refractivity contribution < 1.29 is 27.1 Å². The van der Waals surface area contributed by atoms with Crippen molar-refractivity contribution in [3.63, 3.8) is 0 Å². The highest BCUT2D eigenvalue weighted by Crippen LogP contribution is 2.26. The van der Waals surface area contributed by atoms with Gasteiger partial charge in [-0.1, -0.05) is 11.6 Å². The lowest BCUT2D eigenvalue weighted by Gasteiger charge is -2.12. The van der Waals surface area contributed by atoms with E-state index in [1.807, 2.05) is 0 Å². The predicted molar refractivity (Wildman–Crippen MR) is 106 cm³/mol. The number of halogens is 5. The Morgan fingerprint density at radius 2 is 1.67 bits per heavy atom. The second kappa shape index (κ2) is 10.4. The van der Waals surface area contributed by atoms with Gasteiger partial charge in [0, 0.05) is 18.3 Å². The fourth-order valence-electron chi connectivity index (χ4n) is 2.14. The van der Waals surface area contributed by atoms with Gasteiger partial charge in [0.2, 0.25) is 0 Å². The molecule has 5 nitrogen and oxygen atoms in total. The minimum Gasteiger partial charge on any atom is -0.462 e. The van der Waals surface area contributed by atoms with E-state index in [1.165, 1.54) is 24.4 Å². The molecule has 1 heterocycles. The molecule has 0 unspecified atom stereocenters. The lowest BCUT2D eigenvalue weighted by Crippen LogP contribution is -2.09. The second-order valence-corrected chi connectivity index (χ2v) is 6.08. The van der Waals surface area contributed by atoms with Crippen LogP contribution < -0.4 is 11.1 Å². The molecule has 158 valence electrons. The summed E-state index contributed by atoms with van der Waals surface area (Å²) in [7, 11) is 0. The third kappa shape index (κ3) is 6.35. The van der Waals surface area contributed by atoms with Gasteiger partial charge >= 0.3 is 5.97 Å². The molecule has 0 saturated carbocycles. The van der Waals surface area contributed by atoms with Crippen LogP contribution in [0.4, 0.5) is 34.6 Å². The van der Waals surface area contributed by atoms with E-state index in [0.717, 1.165) is 24.3 Å². The van der Waals surface area contributed by atoms with Crippen LogP contribution in [0.25, 0.3) is 0 Å². The molecule has 1 aromatic heterocycles. The zero-order valence-corrected chi connectivity index (χ0v) is 16.3. The molecule has 0 aliphatic rings. The van der Waals surface area contributed by atoms with E-state index in [0.29, 0.717) is 0 Å². The predicted octanol–water partition coefficient (Wildman–Crippen LogP) is 5.48. The van der Waals surface area contributed by atoms with Crippen LogP contribution >= 0.6 is 11.6 Å². The number of aromatic nitrogens is 1. The molecule has 30 heavy (non-hydrogen) atoms.